The molecule has 6 heteroatoms. The summed E-state index contributed by atoms with van der Waals surface area (Å²) in [5.41, 5.74) is 2.07. The molecule has 0 amide bonds. The maximum absolute atomic E-state index is 4.53. The number of hydrogen-bond acceptors (Lipinski definition) is 4. The van der Waals surface area contributed by atoms with Crippen molar-refractivity contribution in [1.82, 2.24) is 30.2 Å². The molecule has 6 nitrogen and oxygen atoms in total. The molecular weight excluding hydrogens is 288 g/mol. The van der Waals surface area contributed by atoms with Gasteiger partial charge in [0, 0.05) is 17.7 Å². The lowest BCUT2D eigenvalue weighted by Crippen LogP contribution is -2.03. The standard InChI is InChI=1S/C17H18N6/c1-3-7-13(8-4-1)15-11-23(22-19-15)12-16-18-17(21-20-16)14-9-5-2-6-10-14/h1-3,5-6,9-11,13H,4,7-8,12H2,(H,18,20,21). The molecule has 1 atom stereocenters. The van der Waals surface area contributed by atoms with Crippen LogP contribution < -0.4 is 0 Å². The summed E-state index contributed by atoms with van der Waals surface area (Å²) in [6, 6.07) is 9.93. The molecule has 1 aliphatic carbocycles. The highest BCUT2D eigenvalue weighted by molar-refractivity contribution is 5.53. The molecule has 0 fully saturated rings. The van der Waals surface area contributed by atoms with Gasteiger partial charge in [-0.3, -0.25) is 5.10 Å². The van der Waals surface area contributed by atoms with Crippen LogP contribution in [-0.4, -0.2) is 30.2 Å². The Hall–Kier alpha value is -2.76. The van der Waals surface area contributed by atoms with E-state index in [2.05, 4.69) is 37.6 Å². The monoisotopic (exact) mass is 306 g/mol. The molecule has 0 saturated carbocycles. The average Bonchev–Trinajstić information content (AvgIpc) is 3.27. The molecule has 116 valence electrons. The van der Waals surface area contributed by atoms with E-state index in [0.717, 1.165) is 36.3 Å². The predicted molar refractivity (Wildman–Crippen MR) is 86.7 cm³/mol. The Bertz CT molecular complexity index is 801. The summed E-state index contributed by atoms with van der Waals surface area (Å²) < 4.78 is 1.82. The molecule has 0 bridgehead atoms. The second-order valence-corrected chi connectivity index (χ2v) is 5.79. The van der Waals surface area contributed by atoms with Crippen LogP contribution in [0.15, 0.2) is 48.7 Å². The molecule has 2 aromatic heterocycles. The first kappa shape index (κ1) is 13.9. The van der Waals surface area contributed by atoms with Gasteiger partial charge in [-0.25, -0.2) is 9.67 Å². The minimum absolute atomic E-state index is 0.489. The van der Waals surface area contributed by atoms with Crippen molar-refractivity contribution in [2.45, 2.75) is 31.7 Å². The molecule has 1 aromatic carbocycles. The molecule has 1 aliphatic rings. The van der Waals surface area contributed by atoms with E-state index in [1.165, 1.54) is 0 Å². The first-order valence-corrected chi connectivity index (χ1v) is 7.90. The Balaban J connectivity index is 1.47. The van der Waals surface area contributed by atoms with Gasteiger partial charge in [-0.05, 0) is 19.3 Å². The quantitative estimate of drug-likeness (QED) is 0.752. The summed E-state index contributed by atoms with van der Waals surface area (Å²) in [7, 11) is 0. The van der Waals surface area contributed by atoms with Crippen molar-refractivity contribution in [3.8, 4) is 11.4 Å². The SMILES string of the molecule is C1=CCC(c2cn(Cc3nc(-c4ccccc4)n[nH]3)nn2)CC1. The van der Waals surface area contributed by atoms with E-state index in [0.29, 0.717) is 18.3 Å². The second kappa shape index (κ2) is 6.16. The number of aromatic amines is 1. The number of H-pyrrole nitrogens is 1. The summed E-state index contributed by atoms with van der Waals surface area (Å²) in [6.45, 7) is 0.551. The maximum atomic E-state index is 4.53. The number of nitrogens with one attached hydrogen (secondary N) is 1. The molecule has 0 radical (unpaired) electrons. The van der Waals surface area contributed by atoms with Crippen molar-refractivity contribution < 1.29 is 0 Å². The van der Waals surface area contributed by atoms with Crippen molar-refractivity contribution in [2.24, 2.45) is 0 Å². The highest BCUT2D eigenvalue weighted by atomic mass is 15.4. The van der Waals surface area contributed by atoms with Gasteiger partial charge in [-0.1, -0.05) is 47.7 Å². The minimum Gasteiger partial charge on any atom is -0.261 e. The van der Waals surface area contributed by atoms with E-state index in [4.69, 9.17) is 0 Å². The Morgan fingerprint density at radius 3 is 2.91 bits per heavy atom. The average molecular weight is 306 g/mol. The first-order chi connectivity index (χ1) is 11.4. The Kier molecular flexibility index (Phi) is 3.71. The summed E-state index contributed by atoms with van der Waals surface area (Å²) in [4.78, 5) is 4.53. The fourth-order valence-electron chi connectivity index (χ4n) is 2.88. The fraction of sp³-hybridized carbons (Fsp3) is 0.294. The van der Waals surface area contributed by atoms with Gasteiger partial charge in [-0.2, -0.15) is 5.10 Å². The lowest BCUT2D eigenvalue weighted by atomic mass is 9.92. The van der Waals surface area contributed by atoms with Crippen LogP contribution in [-0.2, 0) is 6.54 Å². The van der Waals surface area contributed by atoms with E-state index in [9.17, 15) is 0 Å². The normalized spacial score (nSPS) is 17.5. The number of rotatable bonds is 4. The zero-order chi connectivity index (χ0) is 15.5. The Labute approximate surface area is 134 Å². The van der Waals surface area contributed by atoms with Crippen molar-refractivity contribution in [3.05, 3.63) is 60.2 Å². The minimum atomic E-state index is 0.489. The molecular formula is C17H18N6. The third-order valence-electron chi connectivity index (χ3n) is 4.12. The van der Waals surface area contributed by atoms with Crippen LogP contribution in [0.5, 0.6) is 0 Å². The second-order valence-electron chi connectivity index (χ2n) is 5.79. The molecule has 0 aliphatic heterocycles. The molecule has 1 unspecified atom stereocenters. The zero-order valence-corrected chi connectivity index (χ0v) is 12.8. The number of aromatic nitrogens is 6. The number of benzene rings is 1. The molecule has 4 rings (SSSR count). The van der Waals surface area contributed by atoms with E-state index in [-0.39, 0.29) is 0 Å². The van der Waals surface area contributed by atoms with Gasteiger partial charge < -0.3 is 0 Å². The van der Waals surface area contributed by atoms with Crippen LogP contribution in [0.3, 0.4) is 0 Å². The largest absolute Gasteiger partial charge is 0.261 e. The summed E-state index contributed by atoms with van der Waals surface area (Å²) in [5.74, 6) is 1.98. The smallest absolute Gasteiger partial charge is 0.181 e. The van der Waals surface area contributed by atoms with Gasteiger partial charge in [-0.15, -0.1) is 5.10 Å². The Morgan fingerprint density at radius 2 is 2.09 bits per heavy atom. The highest BCUT2D eigenvalue weighted by Crippen LogP contribution is 2.27. The maximum Gasteiger partial charge on any atom is 0.181 e. The third kappa shape index (κ3) is 3.06. The van der Waals surface area contributed by atoms with Crippen LogP contribution >= 0.6 is 0 Å². The van der Waals surface area contributed by atoms with Gasteiger partial charge in [0.15, 0.2) is 5.82 Å². The molecule has 1 N–H and O–H groups in total. The van der Waals surface area contributed by atoms with Crippen molar-refractivity contribution in [1.29, 1.82) is 0 Å². The predicted octanol–water partition coefficient (Wildman–Crippen LogP) is 2.94. The zero-order valence-electron chi connectivity index (χ0n) is 12.8. The molecule has 0 saturated heterocycles. The van der Waals surface area contributed by atoms with E-state index >= 15 is 0 Å². The fourth-order valence-corrected chi connectivity index (χ4v) is 2.88. The molecule has 3 aromatic rings. The summed E-state index contributed by atoms with van der Waals surface area (Å²) in [6.07, 6.45) is 9.82. The van der Waals surface area contributed by atoms with E-state index < -0.39 is 0 Å². The summed E-state index contributed by atoms with van der Waals surface area (Å²) in [5, 5.41) is 15.8. The van der Waals surface area contributed by atoms with Gasteiger partial charge >= 0.3 is 0 Å². The van der Waals surface area contributed by atoms with Crippen LogP contribution in [0.4, 0.5) is 0 Å². The summed E-state index contributed by atoms with van der Waals surface area (Å²) >= 11 is 0. The van der Waals surface area contributed by atoms with Crippen molar-refractivity contribution >= 4 is 0 Å². The van der Waals surface area contributed by atoms with Gasteiger partial charge in [0.05, 0.1) is 5.69 Å². The van der Waals surface area contributed by atoms with Gasteiger partial charge in [0.1, 0.15) is 12.4 Å². The van der Waals surface area contributed by atoms with E-state index in [1.54, 1.807) is 0 Å². The van der Waals surface area contributed by atoms with Gasteiger partial charge in [0.25, 0.3) is 0 Å². The number of nitrogens with zero attached hydrogens (tertiary/aromatic N) is 5. The highest BCUT2D eigenvalue weighted by Gasteiger charge is 2.16. The number of hydrogen-bond donors (Lipinski definition) is 1. The third-order valence-corrected chi connectivity index (χ3v) is 4.12. The Morgan fingerprint density at radius 1 is 1.17 bits per heavy atom. The molecule has 2 heterocycles. The van der Waals surface area contributed by atoms with Crippen LogP contribution in [0.25, 0.3) is 11.4 Å². The molecule has 0 spiro atoms. The van der Waals surface area contributed by atoms with E-state index in [1.807, 2.05) is 41.2 Å². The van der Waals surface area contributed by atoms with Crippen LogP contribution in [0.2, 0.25) is 0 Å². The van der Waals surface area contributed by atoms with Crippen LogP contribution in [0, 0.1) is 0 Å². The molecule has 23 heavy (non-hydrogen) atoms. The van der Waals surface area contributed by atoms with Crippen LogP contribution in [0.1, 0.15) is 36.7 Å². The van der Waals surface area contributed by atoms with Crippen molar-refractivity contribution in [2.75, 3.05) is 0 Å². The number of allylic oxidation sites excluding steroid dienone is 2. The van der Waals surface area contributed by atoms with Gasteiger partial charge in [0.2, 0.25) is 0 Å². The first-order valence-electron chi connectivity index (χ1n) is 7.90. The lowest BCUT2D eigenvalue weighted by Gasteiger charge is -2.13. The topological polar surface area (TPSA) is 72.3 Å². The van der Waals surface area contributed by atoms with Crippen molar-refractivity contribution in [3.63, 3.8) is 0 Å². The lowest BCUT2D eigenvalue weighted by molar-refractivity contribution is 0.597.